The fourth-order valence-corrected chi connectivity index (χ4v) is 1.15. The Balaban J connectivity index is 2.66. The van der Waals surface area contributed by atoms with Crippen LogP contribution >= 0.6 is 0 Å². The number of amides is 1. The Bertz CT molecular complexity index is 415. The van der Waals surface area contributed by atoms with Crippen LogP contribution in [0.1, 0.15) is 12.8 Å². The van der Waals surface area contributed by atoms with E-state index in [4.69, 9.17) is 0 Å². The van der Waals surface area contributed by atoms with Crippen molar-refractivity contribution < 1.29 is 9.72 Å². The molecule has 0 unspecified atom stereocenters. The molecule has 1 rings (SSSR count). The number of nitro groups is 1. The van der Waals surface area contributed by atoms with Gasteiger partial charge in [0.05, 0.1) is 4.92 Å². The second kappa shape index (κ2) is 5.65. The Morgan fingerprint density at radius 3 is 2.94 bits per heavy atom. The van der Waals surface area contributed by atoms with Crippen LogP contribution in [0, 0.1) is 10.1 Å². The molecule has 0 radical (unpaired) electrons. The number of allylic oxidation sites excluding steroid dienone is 1. The monoisotopic (exact) mass is 220 g/mol. The van der Waals surface area contributed by atoms with E-state index in [1.54, 1.807) is 12.1 Å². The van der Waals surface area contributed by atoms with Crippen LogP contribution in [0.2, 0.25) is 0 Å². The Hall–Kier alpha value is -2.17. The minimum Gasteiger partial charge on any atom is -0.326 e. The van der Waals surface area contributed by atoms with Crippen LogP contribution < -0.4 is 5.32 Å². The molecule has 0 saturated heterocycles. The van der Waals surface area contributed by atoms with Gasteiger partial charge in [-0.2, -0.15) is 0 Å². The summed E-state index contributed by atoms with van der Waals surface area (Å²) < 4.78 is 0. The number of nitrogens with zero attached hydrogens (tertiary/aromatic N) is 1. The van der Waals surface area contributed by atoms with Gasteiger partial charge in [0.25, 0.3) is 5.69 Å². The van der Waals surface area contributed by atoms with Crippen LogP contribution in [0.15, 0.2) is 36.9 Å². The maximum absolute atomic E-state index is 11.3. The Kier molecular flexibility index (Phi) is 4.20. The van der Waals surface area contributed by atoms with Gasteiger partial charge < -0.3 is 5.32 Å². The fraction of sp³-hybridized carbons (Fsp3) is 0.182. The van der Waals surface area contributed by atoms with Crippen LogP contribution in [0.3, 0.4) is 0 Å². The van der Waals surface area contributed by atoms with Crippen molar-refractivity contribution in [3.63, 3.8) is 0 Å². The summed E-state index contributed by atoms with van der Waals surface area (Å²) in [5.41, 5.74) is 0.393. The molecule has 0 saturated carbocycles. The highest BCUT2D eigenvalue weighted by Crippen LogP contribution is 2.17. The van der Waals surface area contributed by atoms with Crippen LogP contribution in [0.4, 0.5) is 11.4 Å². The van der Waals surface area contributed by atoms with E-state index in [1.807, 2.05) is 0 Å². The van der Waals surface area contributed by atoms with E-state index in [1.165, 1.54) is 18.2 Å². The summed E-state index contributed by atoms with van der Waals surface area (Å²) in [5, 5.41) is 13.1. The zero-order valence-corrected chi connectivity index (χ0v) is 8.68. The molecule has 0 spiro atoms. The van der Waals surface area contributed by atoms with Crippen molar-refractivity contribution in [1.82, 2.24) is 0 Å². The van der Waals surface area contributed by atoms with Crippen LogP contribution in [-0.4, -0.2) is 10.8 Å². The molecule has 1 aromatic carbocycles. The van der Waals surface area contributed by atoms with E-state index < -0.39 is 4.92 Å². The van der Waals surface area contributed by atoms with Gasteiger partial charge in [0.15, 0.2) is 0 Å². The highest BCUT2D eigenvalue weighted by Gasteiger charge is 2.07. The van der Waals surface area contributed by atoms with Gasteiger partial charge >= 0.3 is 0 Å². The molecule has 0 aliphatic carbocycles. The molecule has 0 fully saturated rings. The lowest BCUT2D eigenvalue weighted by atomic mass is 10.2. The quantitative estimate of drug-likeness (QED) is 0.470. The van der Waals surface area contributed by atoms with Gasteiger partial charge in [0, 0.05) is 24.2 Å². The van der Waals surface area contributed by atoms with E-state index in [-0.39, 0.29) is 11.6 Å². The highest BCUT2D eigenvalue weighted by atomic mass is 16.6. The number of rotatable bonds is 5. The lowest BCUT2D eigenvalue weighted by molar-refractivity contribution is -0.384. The topological polar surface area (TPSA) is 72.2 Å². The van der Waals surface area contributed by atoms with Crippen molar-refractivity contribution in [2.24, 2.45) is 0 Å². The number of anilines is 1. The van der Waals surface area contributed by atoms with Crippen LogP contribution in [-0.2, 0) is 4.79 Å². The number of non-ortho nitro benzene ring substituents is 1. The Labute approximate surface area is 92.9 Å². The number of carbonyl (C=O) groups excluding carboxylic acids is 1. The third kappa shape index (κ3) is 3.53. The standard InChI is InChI=1S/C11H12N2O3/c1-2-3-7-11(14)12-9-5-4-6-10(8-9)13(15)16/h2,4-6,8H,1,3,7H2,(H,12,14). The van der Waals surface area contributed by atoms with Crippen LogP contribution in [0.5, 0.6) is 0 Å². The van der Waals surface area contributed by atoms with Crippen molar-refractivity contribution in [1.29, 1.82) is 0 Å². The zero-order valence-electron chi connectivity index (χ0n) is 8.68. The first kappa shape index (κ1) is 11.9. The van der Waals surface area contributed by atoms with Gasteiger partial charge in [0.1, 0.15) is 0 Å². The molecule has 1 N–H and O–H groups in total. The number of benzene rings is 1. The maximum Gasteiger partial charge on any atom is 0.271 e. The van der Waals surface area contributed by atoms with Gasteiger partial charge in [-0.05, 0) is 12.5 Å². The molecular weight excluding hydrogens is 208 g/mol. The van der Waals surface area contributed by atoms with Crippen molar-refractivity contribution in [3.05, 3.63) is 47.0 Å². The molecule has 84 valence electrons. The van der Waals surface area contributed by atoms with Gasteiger partial charge in [-0.25, -0.2) is 0 Å². The van der Waals surface area contributed by atoms with Gasteiger partial charge in [-0.1, -0.05) is 12.1 Å². The first-order valence-corrected chi connectivity index (χ1v) is 4.78. The first-order valence-electron chi connectivity index (χ1n) is 4.78. The molecule has 0 atom stereocenters. The number of carbonyl (C=O) groups is 1. The second-order valence-corrected chi connectivity index (χ2v) is 3.18. The minimum absolute atomic E-state index is 0.0403. The van der Waals surface area contributed by atoms with Crippen molar-refractivity contribution in [2.75, 3.05) is 5.32 Å². The van der Waals surface area contributed by atoms with Gasteiger partial charge in [-0.3, -0.25) is 14.9 Å². The number of hydrogen-bond donors (Lipinski definition) is 1. The molecule has 0 aliphatic rings. The number of nitrogens with one attached hydrogen (secondary N) is 1. The summed E-state index contributed by atoms with van der Waals surface area (Å²) in [5.74, 6) is -0.180. The molecular formula is C11H12N2O3. The second-order valence-electron chi connectivity index (χ2n) is 3.18. The minimum atomic E-state index is -0.501. The molecule has 5 nitrogen and oxygen atoms in total. The van der Waals surface area contributed by atoms with Gasteiger partial charge in [0.2, 0.25) is 5.91 Å². The lowest BCUT2D eigenvalue weighted by Gasteiger charge is -2.03. The van der Waals surface area contributed by atoms with Crippen LogP contribution in [0.25, 0.3) is 0 Å². The Morgan fingerprint density at radius 2 is 2.31 bits per heavy atom. The van der Waals surface area contributed by atoms with E-state index in [0.717, 1.165) is 0 Å². The number of nitro benzene ring substituents is 1. The lowest BCUT2D eigenvalue weighted by Crippen LogP contribution is -2.10. The summed E-state index contributed by atoms with van der Waals surface area (Å²) in [6.07, 6.45) is 2.56. The summed E-state index contributed by atoms with van der Waals surface area (Å²) in [4.78, 5) is 21.3. The molecule has 0 bridgehead atoms. The van der Waals surface area contributed by atoms with E-state index in [0.29, 0.717) is 18.5 Å². The molecule has 0 heterocycles. The van der Waals surface area contributed by atoms with Crippen molar-refractivity contribution in [3.8, 4) is 0 Å². The molecule has 0 aliphatic heterocycles. The summed E-state index contributed by atoms with van der Waals surface area (Å²) in [6, 6.07) is 5.84. The fourth-order valence-electron chi connectivity index (χ4n) is 1.15. The third-order valence-electron chi connectivity index (χ3n) is 1.92. The van der Waals surface area contributed by atoms with E-state index >= 15 is 0 Å². The largest absolute Gasteiger partial charge is 0.326 e. The molecule has 0 aromatic heterocycles. The highest BCUT2D eigenvalue weighted by molar-refractivity contribution is 5.91. The summed E-state index contributed by atoms with van der Waals surface area (Å²) >= 11 is 0. The van der Waals surface area contributed by atoms with Gasteiger partial charge in [-0.15, -0.1) is 6.58 Å². The normalized spacial score (nSPS) is 9.50. The third-order valence-corrected chi connectivity index (χ3v) is 1.92. The smallest absolute Gasteiger partial charge is 0.271 e. The van der Waals surface area contributed by atoms with Crippen molar-refractivity contribution in [2.45, 2.75) is 12.8 Å². The predicted octanol–water partition coefficient (Wildman–Crippen LogP) is 2.50. The average Bonchev–Trinajstić information content (AvgIpc) is 2.26. The SMILES string of the molecule is C=CCCC(=O)Nc1cccc([N+](=O)[O-])c1. The molecule has 1 amide bonds. The first-order chi connectivity index (χ1) is 7.63. The summed E-state index contributed by atoms with van der Waals surface area (Å²) in [6.45, 7) is 3.51. The molecule has 16 heavy (non-hydrogen) atoms. The number of hydrogen-bond acceptors (Lipinski definition) is 3. The van der Waals surface area contributed by atoms with E-state index in [9.17, 15) is 14.9 Å². The molecule has 1 aromatic rings. The van der Waals surface area contributed by atoms with Crippen molar-refractivity contribution >= 4 is 17.3 Å². The average molecular weight is 220 g/mol. The van der Waals surface area contributed by atoms with E-state index in [2.05, 4.69) is 11.9 Å². The maximum atomic E-state index is 11.3. The summed E-state index contributed by atoms with van der Waals surface area (Å²) in [7, 11) is 0. The Morgan fingerprint density at radius 1 is 1.56 bits per heavy atom. The predicted molar refractivity (Wildman–Crippen MR) is 61.2 cm³/mol. The molecule has 5 heteroatoms. The zero-order chi connectivity index (χ0) is 12.0.